The molecular weight excluding hydrogens is 682 g/mol. The van der Waals surface area contributed by atoms with Gasteiger partial charge in [-0.25, -0.2) is 0 Å². The smallest absolute Gasteiger partial charge is 0.145 e. The van der Waals surface area contributed by atoms with Gasteiger partial charge in [-0.15, -0.1) is 0 Å². The molecule has 0 unspecified atom stereocenters. The van der Waals surface area contributed by atoms with Crippen LogP contribution in [0, 0.1) is 7.14 Å². The Morgan fingerprint density at radius 3 is 1.44 bits per heavy atom. The summed E-state index contributed by atoms with van der Waals surface area (Å²) in [4.78, 5) is 9.04. The number of methoxy groups -OCH3 is 2. The highest BCUT2D eigenvalue weighted by molar-refractivity contribution is 14.1. The third-order valence-electron chi connectivity index (χ3n) is 5.41. The highest BCUT2D eigenvalue weighted by Crippen LogP contribution is 2.37. The number of rotatable bonds is 7. The van der Waals surface area contributed by atoms with E-state index in [1.54, 1.807) is 38.8 Å². The summed E-state index contributed by atoms with van der Waals surface area (Å²) in [6.45, 7) is 0. The lowest BCUT2D eigenvalue weighted by Gasteiger charge is -2.11. The summed E-state index contributed by atoms with van der Waals surface area (Å²) in [6.07, 6.45) is 3.24. The Balaban J connectivity index is 1.62. The summed E-state index contributed by atoms with van der Waals surface area (Å²) in [5, 5.41) is 20.5. The van der Waals surface area contributed by atoms with Gasteiger partial charge in [0.05, 0.1) is 21.4 Å². The standard InChI is InChI=1S/C28H22I2N2O4/c1-35-25-13-17(9-11-23(25)31-15-19-5-3-7-21(29)27(19)33)18-10-12-24(26(14-18)36-2)32-16-20-6-4-8-22(30)28(20)34/h3-16,33-34H,1-2H3. The summed E-state index contributed by atoms with van der Waals surface area (Å²) in [5.41, 5.74) is 4.40. The average Bonchev–Trinajstić information content (AvgIpc) is 2.90. The molecule has 2 N–H and O–H groups in total. The zero-order chi connectivity index (χ0) is 25.7. The molecule has 36 heavy (non-hydrogen) atoms. The van der Waals surface area contributed by atoms with E-state index in [0.29, 0.717) is 34.0 Å². The Morgan fingerprint density at radius 2 is 1.06 bits per heavy atom. The van der Waals surface area contributed by atoms with E-state index in [9.17, 15) is 10.2 Å². The number of phenolic OH excluding ortho intramolecular Hbond substituents is 2. The first-order valence-corrected chi connectivity index (χ1v) is 13.0. The number of halogens is 2. The lowest BCUT2D eigenvalue weighted by molar-refractivity contribution is 0.415. The van der Waals surface area contributed by atoms with Crippen molar-refractivity contribution in [3.8, 4) is 34.1 Å². The number of benzene rings is 4. The van der Waals surface area contributed by atoms with Gasteiger partial charge in [0.1, 0.15) is 34.4 Å². The fourth-order valence-corrected chi connectivity index (χ4v) is 4.52. The molecule has 0 radical (unpaired) electrons. The van der Waals surface area contributed by atoms with E-state index >= 15 is 0 Å². The van der Waals surface area contributed by atoms with Gasteiger partial charge in [-0.2, -0.15) is 0 Å². The number of hydrogen-bond acceptors (Lipinski definition) is 6. The van der Waals surface area contributed by atoms with Gasteiger partial charge >= 0.3 is 0 Å². The van der Waals surface area contributed by atoms with E-state index in [4.69, 9.17) is 9.47 Å². The SMILES string of the molecule is COc1cc(-c2ccc(N=Cc3cccc(I)c3O)c(OC)c2)ccc1N=Cc1cccc(I)c1O. The number of aliphatic imine (C=N–C) groups is 2. The van der Waals surface area contributed by atoms with Crippen molar-refractivity contribution in [1.29, 1.82) is 0 Å². The molecule has 4 aromatic rings. The van der Waals surface area contributed by atoms with Crippen LogP contribution in [0.25, 0.3) is 11.1 Å². The largest absolute Gasteiger partial charge is 0.506 e. The highest BCUT2D eigenvalue weighted by atomic mass is 127. The van der Waals surface area contributed by atoms with Crippen LogP contribution in [0.5, 0.6) is 23.0 Å². The molecule has 0 aliphatic rings. The zero-order valence-electron chi connectivity index (χ0n) is 19.4. The third-order valence-corrected chi connectivity index (χ3v) is 7.16. The minimum Gasteiger partial charge on any atom is -0.506 e. The molecule has 0 aliphatic heterocycles. The van der Waals surface area contributed by atoms with Crippen LogP contribution in [0.3, 0.4) is 0 Å². The molecule has 6 nitrogen and oxygen atoms in total. The number of phenols is 2. The maximum atomic E-state index is 10.2. The van der Waals surface area contributed by atoms with Gasteiger partial charge in [0.15, 0.2) is 0 Å². The van der Waals surface area contributed by atoms with Crippen LogP contribution in [0.4, 0.5) is 11.4 Å². The topological polar surface area (TPSA) is 83.6 Å². The van der Waals surface area contributed by atoms with Crippen molar-refractivity contribution in [2.45, 2.75) is 0 Å². The number of hydrogen-bond donors (Lipinski definition) is 2. The van der Waals surface area contributed by atoms with E-state index in [-0.39, 0.29) is 11.5 Å². The van der Waals surface area contributed by atoms with Gasteiger partial charge in [0, 0.05) is 23.6 Å². The van der Waals surface area contributed by atoms with Crippen LogP contribution in [-0.2, 0) is 0 Å². The van der Waals surface area contributed by atoms with Gasteiger partial charge in [-0.05, 0) is 105 Å². The van der Waals surface area contributed by atoms with Crippen LogP contribution in [0.2, 0.25) is 0 Å². The van der Waals surface area contributed by atoms with Crippen LogP contribution in [0.15, 0.2) is 82.8 Å². The molecule has 4 aromatic carbocycles. The lowest BCUT2D eigenvalue weighted by atomic mass is 10.0. The molecule has 8 heteroatoms. The second-order valence-corrected chi connectivity index (χ2v) is 9.97. The molecule has 0 aromatic heterocycles. The van der Waals surface area contributed by atoms with Crippen LogP contribution < -0.4 is 9.47 Å². The Labute approximate surface area is 236 Å². The molecule has 182 valence electrons. The van der Waals surface area contributed by atoms with E-state index in [1.807, 2.05) is 60.7 Å². The highest BCUT2D eigenvalue weighted by Gasteiger charge is 2.10. The number of nitrogens with zero attached hydrogens (tertiary/aromatic N) is 2. The fraction of sp³-hybridized carbons (Fsp3) is 0.0714. The number of para-hydroxylation sites is 2. The van der Waals surface area contributed by atoms with Gasteiger partial charge < -0.3 is 19.7 Å². The second-order valence-electron chi connectivity index (χ2n) is 7.64. The van der Waals surface area contributed by atoms with Crippen molar-refractivity contribution in [3.05, 3.63) is 91.1 Å². The maximum absolute atomic E-state index is 10.2. The average molecular weight is 704 g/mol. The zero-order valence-corrected chi connectivity index (χ0v) is 23.8. The minimum absolute atomic E-state index is 0.199. The van der Waals surface area contributed by atoms with Gasteiger partial charge in [0.25, 0.3) is 0 Å². The Bertz CT molecular complexity index is 1360. The Kier molecular flexibility index (Phi) is 8.47. The predicted octanol–water partition coefficient (Wildman–Crippen LogP) is 7.49. The molecular formula is C28H22I2N2O4. The van der Waals surface area contributed by atoms with E-state index in [1.165, 1.54) is 0 Å². The van der Waals surface area contributed by atoms with E-state index in [0.717, 1.165) is 18.3 Å². The normalized spacial score (nSPS) is 11.3. The van der Waals surface area contributed by atoms with Gasteiger partial charge in [-0.1, -0.05) is 24.3 Å². The van der Waals surface area contributed by atoms with Crippen molar-refractivity contribution in [1.82, 2.24) is 0 Å². The second kappa shape index (κ2) is 11.7. The molecule has 0 spiro atoms. The van der Waals surface area contributed by atoms with Crippen molar-refractivity contribution < 1.29 is 19.7 Å². The summed E-state index contributed by atoms with van der Waals surface area (Å²) in [5.74, 6) is 1.60. The van der Waals surface area contributed by atoms with Crippen molar-refractivity contribution in [2.24, 2.45) is 9.98 Å². The van der Waals surface area contributed by atoms with Crippen molar-refractivity contribution >= 4 is 69.0 Å². The third kappa shape index (κ3) is 5.81. The minimum atomic E-state index is 0.199. The van der Waals surface area contributed by atoms with E-state index < -0.39 is 0 Å². The Morgan fingerprint density at radius 1 is 0.639 bits per heavy atom. The summed E-state index contributed by atoms with van der Waals surface area (Å²) >= 11 is 4.16. The van der Waals surface area contributed by atoms with Crippen molar-refractivity contribution in [3.63, 3.8) is 0 Å². The number of aromatic hydroxyl groups is 2. The summed E-state index contributed by atoms with van der Waals surface area (Å²) < 4.78 is 12.7. The molecule has 0 heterocycles. The molecule has 0 bridgehead atoms. The summed E-state index contributed by atoms with van der Waals surface area (Å²) in [6, 6.07) is 22.5. The molecule has 0 atom stereocenters. The van der Waals surface area contributed by atoms with Gasteiger partial charge in [-0.3, -0.25) is 9.98 Å². The molecule has 0 aliphatic carbocycles. The molecule has 0 saturated carbocycles. The fourth-order valence-electron chi connectivity index (χ4n) is 3.48. The quantitative estimate of drug-likeness (QED) is 0.154. The molecule has 0 fully saturated rings. The maximum Gasteiger partial charge on any atom is 0.145 e. The molecule has 4 rings (SSSR count). The first kappa shape index (κ1) is 26.0. The van der Waals surface area contributed by atoms with Crippen molar-refractivity contribution in [2.75, 3.05) is 14.2 Å². The van der Waals surface area contributed by atoms with Crippen LogP contribution >= 0.6 is 45.2 Å². The monoisotopic (exact) mass is 704 g/mol. The molecule has 0 amide bonds. The Hall–Kier alpha value is -3.12. The van der Waals surface area contributed by atoms with Crippen LogP contribution in [-0.4, -0.2) is 36.9 Å². The predicted molar refractivity (Wildman–Crippen MR) is 161 cm³/mol. The van der Waals surface area contributed by atoms with E-state index in [2.05, 4.69) is 55.2 Å². The first-order chi connectivity index (χ1) is 17.4. The first-order valence-electron chi connectivity index (χ1n) is 10.8. The molecule has 0 saturated heterocycles. The summed E-state index contributed by atoms with van der Waals surface area (Å²) in [7, 11) is 3.19. The number of ether oxygens (including phenoxy) is 2. The van der Waals surface area contributed by atoms with Gasteiger partial charge in [0.2, 0.25) is 0 Å². The lowest BCUT2D eigenvalue weighted by Crippen LogP contribution is -1.89. The van der Waals surface area contributed by atoms with Crippen LogP contribution in [0.1, 0.15) is 11.1 Å².